The molecule has 0 atom stereocenters. The Bertz CT molecular complexity index is 959. The van der Waals surface area contributed by atoms with Crippen molar-refractivity contribution in [2.75, 3.05) is 0 Å². The van der Waals surface area contributed by atoms with Gasteiger partial charge in [0, 0.05) is 29.7 Å². The molecule has 0 N–H and O–H groups in total. The quantitative estimate of drug-likeness (QED) is 0.288. The van der Waals surface area contributed by atoms with Crippen LogP contribution >= 0.6 is 34.7 Å². The summed E-state index contributed by atoms with van der Waals surface area (Å²) in [6.07, 6.45) is 9.64. The van der Waals surface area contributed by atoms with E-state index < -0.39 is 0 Å². The van der Waals surface area contributed by atoms with Gasteiger partial charge in [0.2, 0.25) is 0 Å². The Balaban J connectivity index is 1.44. The molecule has 1 fully saturated rings. The molecule has 4 nitrogen and oxygen atoms in total. The first kappa shape index (κ1) is 20.6. The maximum atomic E-state index is 6.31. The minimum absolute atomic E-state index is 0.735. The monoisotopic (exact) mass is 444 g/mol. The van der Waals surface area contributed by atoms with Crippen molar-refractivity contribution < 1.29 is 0 Å². The van der Waals surface area contributed by atoms with Gasteiger partial charge in [-0.15, -0.1) is 28.1 Å². The highest BCUT2D eigenvalue weighted by molar-refractivity contribution is 7.98. The minimum Gasteiger partial charge on any atom is -0.302 e. The number of nitrogens with zero attached hydrogens (tertiary/aromatic N) is 4. The summed E-state index contributed by atoms with van der Waals surface area (Å²) in [7, 11) is 0. The summed E-state index contributed by atoms with van der Waals surface area (Å²) in [5.74, 6) is 2.60. The largest absolute Gasteiger partial charge is 0.302 e. The van der Waals surface area contributed by atoms with Crippen LogP contribution in [0.3, 0.4) is 0 Å². The van der Waals surface area contributed by atoms with Crippen LogP contribution in [-0.4, -0.2) is 19.7 Å². The molecule has 0 unspecified atom stereocenters. The van der Waals surface area contributed by atoms with Gasteiger partial charge < -0.3 is 4.57 Å². The molecule has 1 aromatic carbocycles. The number of hydrogen-bond acceptors (Lipinski definition) is 5. The first-order valence-electron chi connectivity index (χ1n) is 10.1. The zero-order valence-corrected chi connectivity index (χ0v) is 18.8. The van der Waals surface area contributed by atoms with Crippen molar-refractivity contribution in [1.82, 2.24) is 19.7 Å². The summed E-state index contributed by atoms with van der Waals surface area (Å²) in [5, 5.41) is 13.7. The summed E-state index contributed by atoms with van der Waals surface area (Å²) in [4.78, 5) is 4.77. The number of allylic oxidation sites excluding steroid dienone is 1. The molecule has 1 saturated carbocycles. The van der Waals surface area contributed by atoms with E-state index in [0.717, 1.165) is 56.9 Å². The number of halogens is 1. The zero-order chi connectivity index (χ0) is 20.1. The van der Waals surface area contributed by atoms with Gasteiger partial charge in [-0.1, -0.05) is 79.7 Å². The Hall–Kier alpha value is -1.63. The molecular formula is C22H25ClN4S2. The standard InChI is InChI=1S/C22H25ClN4S2/c1-2-12-27-20(13-16-8-4-3-5-9-16)25-26-22(27)29-15-17-14-28-21(24-17)18-10-6-7-11-19(18)23/h2,6-7,10-11,14,16H,1,3-5,8-9,12-13,15H2. The number of rotatable bonds is 8. The molecule has 152 valence electrons. The molecule has 0 spiro atoms. The van der Waals surface area contributed by atoms with E-state index in [0.29, 0.717) is 0 Å². The molecule has 0 amide bonds. The number of thiazole rings is 1. The van der Waals surface area contributed by atoms with Crippen LogP contribution in [0, 0.1) is 5.92 Å². The van der Waals surface area contributed by atoms with E-state index in [1.165, 1.54) is 32.1 Å². The predicted octanol–water partition coefficient (Wildman–Crippen LogP) is 6.66. The van der Waals surface area contributed by atoms with E-state index in [4.69, 9.17) is 16.6 Å². The molecule has 0 saturated heterocycles. The van der Waals surface area contributed by atoms with Gasteiger partial charge in [-0.2, -0.15) is 0 Å². The summed E-state index contributed by atoms with van der Waals surface area (Å²) in [6.45, 7) is 4.67. The lowest BCUT2D eigenvalue weighted by Crippen LogP contribution is -2.13. The molecule has 2 aromatic heterocycles. The Labute approximate surface area is 185 Å². The third-order valence-corrected chi connectivity index (χ3v) is 7.56. The van der Waals surface area contributed by atoms with Gasteiger partial charge in [-0.3, -0.25) is 0 Å². The fourth-order valence-electron chi connectivity index (χ4n) is 3.81. The smallest absolute Gasteiger partial charge is 0.191 e. The van der Waals surface area contributed by atoms with Gasteiger partial charge >= 0.3 is 0 Å². The molecule has 0 radical (unpaired) electrons. The van der Waals surface area contributed by atoms with Crippen LogP contribution in [0.4, 0.5) is 0 Å². The fraction of sp³-hybridized carbons (Fsp3) is 0.409. The Kier molecular flexibility index (Phi) is 7.06. The van der Waals surface area contributed by atoms with E-state index in [-0.39, 0.29) is 0 Å². The first-order valence-corrected chi connectivity index (χ1v) is 12.3. The van der Waals surface area contributed by atoms with Crippen molar-refractivity contribution in [3.05, 3.63) is 58.8 Å². The Morgan fingerprint density at radius 3 is 2.83 bits per heavy atom. The molecule has 7 heteroatoms. The number of thioether (sulfide) groups is 1. The minimum atomic E-state index is 0.735. The van der Waals surface area contributed by atoms with Gasteiger partial charge in [0.05, 0.1) is 10.7 Å². The highest BCUT2D eigenvalue weighted by Crippen LogP contribution is 2.32. The number of hydrogen-bond donors (Lipinski definition) is 0. The van der Waals surface area contributed by atoms with Crippen LogP contribution in [0.25, 0.3) is 10.6 Å². The maximum absolute atomic E-state index is 6.31. The lowest BCUT2D eigenvalue weighted by Gasteiger charge is -2.21. The average molecular weight is 445 g/mol. The van der Waals surface area contributed by atoms with E-state index in [1.807, 2.05) is 30.3 Å². The second-order valence-electron chi connectivity index (χ2n) is 7.42. The van der Waals surface area contributed by atoms with Gasteiger partial charge in [0.1, 0.15) is 10.8 Å². The molecule has 1 aliphatic carbocycles. The average Bonchev–Trinajstić information content (AvgIpc) is 3.36. The molecule has 29 heavy (non-hydrogen) atoms. The molecule has 3 aromatic rings. The van der Waals surface area contributed by atoms with Crippen molar-refractivity contribution in [2.24, 2.45) is 5.92 Å². The van der Waals surface area contributed by atoms with Crippen LogP contribution < -0.4 is 0 Å². The third kappa shape index (κ3) is 5.11. The number of benzene rings is 1. The van der Waals surface area contributed by atoms with Crippen molar-refractivity contribution in [3.8, 4) is 10.6 Å². The summed E-state index contributed by atoms with van der Waals surface area (Å²) in [6, 6.07) is 7.84. The van der Waals surface area contributed by atoms with Gasteiger partial charge in [0.15, 0.2) is 5.16 Å². The Morgan fingerprint density at radius 2 is 2.03 bits per heavy atom. The summed E-state index contributed by atoms with van der Waals surface area (Å²) >= 11 is 9.63. The van der Waals surface area contributed by atoms with E-state index in [1.54, 1.807) is 23.1 Å². The lowest BCUT2D eigenvalue weighted by atomic mass is 9.87. The highest BCUT2D eigenvalue weighted by Gasteiger charge is 2.19. The molecule has 1 aliphatic rings. The van der Waals surface area contributed by atoms with Crippen LogP contribution in [0.5, 0.6) is 0 Å². The van der Waals surface area contributed by atoms with Crippen LogP contribution in [0.2, 0.25) is 5.02 Å². The van der Waals surface area contributed by atoms with Crippen molar-refractivity contribution in [3.63, 3.8) is 0 Å². The van der Waals surface area contributed by atoms with E-state index in [2.05, 4.69) is 26.7 Å². The maximum Gasteiger partial charge on any atom is 0.191 e. The van der Waals surface area contributed by atoms with Gasteiger partial charge in [-0.05, 0) is 12.0 Å². The van der Waals surface area contributed by atoms with E-state index in [9.17, 15) is 0 Å². The van der Waals surface area contributed by atoms with Crippen molar-refractivity contribution in [2.45, 2.75) is 56.0 Å². The lowest BCUT2D eigenvalue weighted by molar-refractivity contribution is 0.347. The van der Waals surface area contributed by atoms with Crippen LogP contribution in [-0.2, 0) is 18.7 Å². The van der Waals surface area contributed by atoms with Gasteiger partial charge in [0.25, 0.3) is 0 Å². The normalized spacial score (nSPS) is 14.9. The van der Waals surface area contributed by atoms with E-state index >= 15 is 0 Å². The zero-order valence-electron chi connectivity index (χ0n) is 16.4. The fourth-order valence-corrected chi connectivity index (χ4v) is 5.91. The molecule has 0 bridgehead atoms. The van der Waals surface area contributed by atoms with Crippen molar-refractivity contribution in [1.29, 1.82) is 0 Å². The molecular weight excluding hydrogens is 420 g/mol. The molecule has 4 rings (SSSR count). The topological polar surface area (TPSA) is 43.6 Å². The second-order valence-corrected chi connectivity index (χ2v) is 9.63. The molecule has 2 heterocycles. The second kappa shape index (κ2) is 9.92. The number of aromatic nitrogens is 4. The van der Waals surface area contributed by atoms with Crippen LogP contribution in [0.1, 0.15) is 43.6 Å². The summed E-state index contributed by atoms with van der Waals surface area (Å²) < 4.78 is 2.22. The van der Waals surface area contributed by atoms with Crippen molar-refractivity contribution >= 4 is 34.7 Å². The Morgan fingerprint density at radius 1 is 1.21 bits per heavy atom. The molecule has 0 aliphatic heterocycles. The van der Waals surface area contributed by atoms with Crippen LogP contribution in [0.15, 0.2) is 47.5 Å². The van der Waals surface area contributed by atoms with Gasteiger partial charge in [-0.25, -0.2) is 4.98 Å². The summed E-state index contributed by atoms with van der Waals surface area (Å²) in [5.41, 5.74) is 2.02. The highest BCUT2D eigenvalue weighted by atomic mass is 35.5. The first-order chi connectivity index (χ1) is 14.2. The third-order valence-electron chi connectivity index (χ3n) is 5.31. The SMILES string of the molecule is C=CCn1c(CC2CCCCC2)nnc1SCc1csc(-c2ccccc2Cl)n1. The predicted molar refractivity (Wildman–Crippen MR) is 123 cm³/mol.